The number of rotatable bonds is 9. The molecule has 180 valence electrons. The van der Waals surface area contributed by atoms with Gasteiger partial charge in [-0.3, -0.25) is 19.3 Å². The van der Waals surface area contributed by atoms with Crippen LogP contribution in [-0.2, 0) is 9.59 Å². The molecule has 0 atom stereocenters. The van der Waals surface area contributed by atoms with Crippen molar-refractivity contribution >= 4 is 50.8 Å². The Kier molecular flexibility index (Phi) is 9.68. The van der Waals surface area contributed by atoms with Gasteiger partial charge in [0.05, 0.1) is 0 Å². The number of ketones is 1. The van der Waals surface area contributed by atoms with E-state index in [9.17, 15) is 14.4 Å². The number of piperazine rings is 1. The van der Waals surface area contributed by atoms with Gasteiger partial charge in [-0.05, 0) is 52.3 Å². The van der Waals surface area contributed by atoms with Gasteiger partial charge >= 0.3 is 0 Å². The number of carbonyl (C=O) groups excluding carboxylic acids is 3. The van der Waals surface area contributed by atoms with Crippen LogP contribution in [0.1, 0.15) is 23.2 Å². The molecule has 7 nitrogen and oxygen atoms in total. The van der Waals surface area contributed by atoms with Gasteiger partial charge in [-0.25, -0.2) is 0 Å². The van der Waals surface area contributed by atoms with Crippen LogP contribution in [0.4, 0.5) is 5.69 Å². The van der Waals surface area contributed by atoms with Crippen molar-refractivity contribution in [1.82, 2.24) is 15.1 Å². The fraction of sp³-hybridized carbons (Fsp3) is 0.320. The number of anilines is 1. The van der Waals surface area contributed by atoms with Crippen molar-refractivity contribution < 1.29 is 14.4 Å². The van der Waals surface area contributed by atoms with Crippen molar-refractivity contribution in [2.75, 3.05) is 45.1 Å². The summed E-state index contributed by atoms with van der Waals surface area (Å²) < 4.78 is 0.443. The molecule has 0 saturated carbocycles. The monoisotopic (exact) mass is 546 g/mol. The second-order valence-electron chi connectivity index (χ2n) is 7.95. The SMILES string of the molecule is CN/C(CN1CCN(C(=O)CCC(=O)c2ccc(Cl)cc2)CC1)=C(/Br)C(=O)Nc1ccccc1. The van der Waals surface area contributed by atoms with Gasteiger partial charge in [-0.2, -0.15) is 0 Å². The molecule has 2 aromatic rings. The van der Waals surface area contributed by atoms with Crippen LogP contribution in [0.25, 0.3) is 0 Å². The van der Waals surface area contributed by atoms with Crippen molar-refractivity contribution in [2.24, 2.45) is 0 Å². The van der Waals surface area contributed by atoms with Gasteiger partial charge in [0.15, 0.2) is 5.78 Å². The largest absolute Gasteiger partial charge is 0.389 e. The fourth-order valence-corrected chi connectivity index (χ4v) is 4.19. The first kappa shape index (κ1) is 25.9. The summed E-state index contributed by atoms with van der Waals surface area (Å²) in [6, 6.07) is 16.0. The summed E-state index contributed by atoms with van der Waals surface area (Å²) in [6.07, 6.45) is 0.366. The standard InChI is InChI=1S/C25H28BrClN4O3/c1-28-21(24(26)25(34)29-20-5-3-2-4-6-20)17-30-13-15-31(16-14-30)23(33)12-11-22(32)18-7-9-19(27)10-8-18/h2-10,28H,11-17H2,1H3,(H,29,34)/b24-21+. The van der Waals surface area contributed by atoms with Gasteiger partial charge in [0.25, 0.3) is 5.91 Å². The second kappa shape index (κ2) is 12.7. The first-order chi connectivity index (χ1) is 16.4. The quantitative estimate of drug-likeness (QED) is 0.368. The van der Waals surface area contributed by atoms with Crippen molar-refractivity contribution in [3.8, 4) is 0 Å². The van der Waals surface area contributed by atoms with Crippen LogP contribution in [0.15, 0.2) is 64.8 Å². The molecule has 0 unspecified atom stereocenters. The van der Waals surface area contributed by atoms with E-state index in [2.05, 4.69) is 31.5 Å². The van der Waals surface area contributed by atoms with Crippen LogP contribution in [0.5, 0.6) is 0 Å². The zero-order valence-corrected chi connectivity index (χ0v) is 21.4. The minimum Gasteiger partial charge on any atom is -0.389 e. The molecule has 1 aliphatic heterocycles. The summed E-state index contributed by atoms with van der Waals surface area (Å²) in [5.41, 5.74) is 2.05. The van der Waals surface area contributed by atoms with Crippen molar-refractivity contribution in [1.29, 1.82) is 0 Å². The summed E-state index contributed by atoms with van der Waals surface area (Å²) in [4.78, 5) is 41.5. The average Bonchev–Trinajstić information content (AvgIpc) is 2.86. The molecule has 0 aromatic heterocycles. The van der Waals surface area contributed by atoms with Crippen LogP contribution in [0, 0.1) is 0 Å². The lowest BCUT2D eigenvalue weighted by molar-refractivity contribution is -0.132. The molecule has 34 heavy (non-hydrogen) atoms. The van der Waals surface area contributed by atoms with Crippen molar-refractivity contribution in [3.63, 3.8) is 0 Å². The highest BCUT2D eigenvalue weighted by atomic mass is 79.9. The van der Waals surface area contributed by atoms with E-state index in [1.54, 1.807) is 36.2 Å². The number of Topliss-reactive ketones (excluding diaryl/α,β-unsaturated/α-hetero) is 1. The number of para-hydroxylation sites is 1. The van der Waals surface area contributed by atoms with E-state index in [0.717, 1.165) is 11.4 Å². The first-order valence-corrected chi connectivity index (χ1v) is 12.3. The molecule has 1 saturated heterocycles. The number of nitrogens with zero attached hydrogens (tertiary/aromatic N) is 2. The highest BCUT2D eigenvalue weighted by Gasteiger charge is 2.23. The lowest BCUT2D eigenvalue weighted by atomic mass is 10.1. The highest BCUT2D eigenvalue weighted by Crippen LogP contribution is 2.17. The third-order valence-electron chi connectivity index (χ3n) is 5.64. The van der Waals surface area contributed by atoms with Crippen LogP contribution >= 0.6 is 27.5 Å². The maximum atomic E-state index is 12.6. The Morgan fingerprint density at radius 1 is 0.941 bits per heavy atom. The van der Waals surface area contributed by atoms with E-state index in [1.165, 1.54) is 0 Å². The van der Waals surface area contributed by atoms with Crippen molar-refractivity contribution in [2.45, 2.75) is 12.8 Å². The molecule has 3 rings (SSSR count). The number of halogens is 2. The van der Waals surface area contributed by atoms with Gasteiger partial charge < -0.3 is 15.5 Å². The Morgan fingerprint density at radius 2 is 1.59 bits per heavy atom. The molecular formula is C25H28BrClN4O3. The van der Waals surface area contributed by atoms with E-state index < -0.39 is 0 Å². The van der Waals surface area contributed by atoms with Gasteiger partial charge in [-0.1, -0.05) is 29.8 Å². The summed E-state index contributed by atoms with van der Waals surface area (Å²) in [5, 5.41) is 6.54. The van der Waals surface area contributed by atoms with Gasteiger partial charge in [-0.15, -0.1) is 0 Å². The highest BCUT2D eigenvalue weighted by molar-refractivity contribution is 9.12. The molecule has 0 aliphatic carbocycles. The average molecular weight is 548 g/mol. The predicted molar refractivity (Wildman–Crippen MR) is 138 cm³/mol. The topological polar surface area (TPSA) is 81.8 Å². The number of likely N-dealkylation sites (N-methyl/N-ethyl adjacent to an activating group) is 1. The molecule has 1 heterocycles. The first-order valence-electron chi connectivity index (χ1n) is 11.1. The Bertz CT molecular complexity index is 1040. The van der Waals surface area contributed by atoms with Crippen LogP contribution in [-0.4, -0.2) is 67.2 Å². The second-order valence-corrected chi connectivity index (χ2v) is 9.18. The molecule has 2 N–H and O–H groups in total. The predicted octanol–water partition coefficient (Wildman–Crippen LogP) is 3.91. The lowest BCUT2D eigenvalue weighted by Crippen LogP contribution is -2.49. The van der Waals surface area contributed by atoms with Crippen molar-refractivity contribution in [3.05, 3.63) is 75.4 Å². The summed E-state index contributed by atoms with van der Waals surface area (Å²) >= 11 is 9.28. The van der Waals surface area contributed by atoms with Gasteiger partial charge in [0.1, 0.15) is 4.48 Å². The zero-order valence-electron chi connectivity index (χ0n) is 19.0. The van der Waals surface area contributed by atoms with Crippen LogP contribution in [0.2, 0.25) is 5.02 Å². The summed E-state index contributed by atoms with van der Waals surface area (Å²) in [5.74, 6) is -0.310. The van der Waals surface area contributed by atoms with Crippen LogP contribution < -0.4 is 10.6 Å². The smallest absolute Gasteiger partial charge is 0.264 e. The molecule has 1 aliphatic rings. The molecular weight excluding hydrogens is 520 g/mol. The molecule has 2 amide bonds. The normalized spacial score (nSPS) is 14.9. The Balaban J connectivity index is 1.46. The van der Waals surface area contributed by atoms with E-state index in [-0.39, 0.29) is 30.4 Å². The maximum Gasteiger partial charge on any atom is 0.264 e. The lowest BCUT2D eigenvalue weighted by Gasteiger charge is -2.35. The van der Waals surface area contributed by atoms with E-state index >= 15 is 0 Å². The Morgan fingerprint density at radius 3 is 2.21 bits per heavy atom. The molecule has 0 radical (unpaired) electrons. The Labute approximate surface area is 213 Å². The fourth-order valence-electron chi connectivity index (χ4n) is 3.64. The molecule has 0 bridgehead atoms. The van der Waals surface area contributed by atoms with Crippen LogP contribution in [0.3, 0.4) is 0 Å². The van der Waals surface area contributed by atoms with E-state index in [0.29, 0.717) is 47.8 Å². The maximum absolute atomic E-state index is 12.6. The number of nitrogens with one attached hydrogen (secondary N) is 2. The third-order valence-corrected chi connectivity index (χ3v) is 6.73. The molecule has 9 heteroatoms. The minimum atomic E-state index is -0.227. The van der Waals surface area contributed by atoms with Gasteiger partial charge in [0, 0.05) is 74.6 Å². The number of carbonyl (C=O) groups is 3. The molecule has 0 spiro atoms. The summed E-state index contributed by atoms with van der Waals surface area (Å²) in [7, 11) is 1.78. The van der Waals surface area contributed by atoms with Gasteiger partial charge in [0.2, 0.25) is 5.91 Å². The molecule has 2 aromatic carbocycles. The number of hydrogen-bond acceptors (Lipinski definition) is 5. The summed E-state index contributed by atoms with van der Waals surface area (Å²) in [6.45, 7) is 3.08. The number of benzene rings is 2. The third kappa shape index (κ3) is 7.41. The number of amides is 2. The minimum absolute atomic E-state index is 0.0187. The zero-order chi connectivity index (χ0) is 24.5. The van der Waals surface area contributed by atoms with E-state index in [1.807, 2.05) is 30.3 Å². The molecule has 1 fully saturated rings. The number of hydrogen-bond donors (Lipinski definition) is 2. The van der Waals surface area contributed by atoms with E-state index in [4.69, 9.17) is 11.6 Å². The Hall–Kier alpha value is -2.68.